The second kappa shape index (κ2) is 6.25. The van der Waals surface area contributed by atoms with Crippen molar-refractivity contribution in [1.82, 2.24) is 14.9 Å². The van der Waals surface area contributed by atoms with Crippen LogP contribution in [0.3, 0.4) is 0 Å². The first-order valence-corrected chi connectivity index (χ1v) is 6.71. The van der Waals surface area contributed by atoms with E-state index >= 15 is 0 Å². The SMILES string of the molecule is CCn1c(=O)[nH]c2cc(C(=O)NCCC(=O)O)ccc2c1=O. The highest BCUT2D eigenvalue weighted by molar-refractivity contribution is 5.97. The van der Waals surface area contributed by atoms with Gasteiger partial charge in [0.1, 0.15) is 0 Å². The lowest BCUT2D eigenvalue weighted by atomic mass is 10.1. The fourth-order valence-corrected chi connectivity index (χ4v) is 2.07. The van der Waals surface area contributed by atoms with Crippen LogP contribution in [0.1, 0.15) is 23.7 Å². The minimum atomic E-state index is -1.01. The molecular weight excluding hydrogens is 290 g/mol. The third-order valence-corrected chi connectivity index (χ3v) is 3.18. The van der Waals surface area contributed by atoms with Crippen LogP contribution in [0.2, 0.25) is 0 Å². The van der Waals surface area contributed by atoms with Gasteiger partial charge in [-0.05, 0) is 25.1 Å². The largest absolute Gasteiger partial charge is 0.481 e. The van der Waals surface area contributed by atoms with E-state index in [1.165, 1.54) is 18.2 Å². The minimum absolute atomic E-state index is 0.000152. The number of nitrogens with one attached hydrogen (secondary N) is 2. The molecule has 2 rings (SSSR count). The summed E-state index contributed by atoms with van der Waals surface area (Å²) in [6.07, 6.45) is -0.183. The van der Waals surface area contributed by atoms with E-state index in [-0.39, 0.29) is 30.6 Å². The first-order valence-electron chi connectivity index (χ1n) is 6.71. The number of aliphatic carboxylic acids is 1. The number of carbonyl (C=O) groups excluding carboxylic acids is 1. The maximum atomic E-state index is 12.1. The van der Waals surface area contributed by atoms with Gasteiger partial charge < -0.3 is 15.4 Å². The Bertz CT molecular complexity index is 850. The van der Waals surface area contributed by atoms with E-state index in [1.807, 2.05) is 0 Å². The standard InChI is InChI=1S/C14H15N3O5/c1-2-17-13(21)9-4-3-8(7-10(9)16-14(17)22)12(20)15-6-5-11(18)19/h3-4,7H,2,5-6H2,1H3,(H,15,20)(H,16,22)(H,18,19). The average molecular weight is 305 g/mol. The molecule has 0 aliphatic rings. The number of aromatic nitrogens is 2. The van der Waals surface area contributed by atoms with Gasteiger partial charge in [-0.3, -0.25) is 19.0 Å². The number of carboxylic acid groups (broad SMARTS) is 1. The Balaban J connectivity index is 2.35. The van der Waals surface area contributed by atoms with Crippen molar-refractivity contribution in [3.8, 4) is 0 Å². The summed E-state index contributed by atoms with van der Waals surface area (Å²) in [4.78, 5) is 48.7. The fourth-order valence-electron chi connectivity index (χ4n) is 2.07. The molecule has 116 valence electrons. The van der Waals surface area contributed by atoms with Crippen molar-refractivity contribution in [1.29, 1.82) is 0 Å². The van der Waals surface area contributed by atoms with Gasteiger partial charge in [0.2, 0.25) is 0 Å². The zero-order chi connectivity index (χ0) is 16.3. The Morgan fingerprint density at radius 1 is 1.32 bits per heavy atom. The van der Waals surface area contributed by atoms with E-state index in [2.05, 4.69) is 10.3 Å². The molecule has 0 bridgehead atoms. The second-order valence-electron chi connectivity index (χ2n) is 4.64. The Kier molecular flexibility index (Phi) is 4.40. The van der Waals surface area contributed by atoms with E-state index in [4.69, 9.17) is 5.11 Å². The van der Waals surface area contributed by atoms with Gasteiger partial charge in [-0.25, -0.2) is 4.79 Å². The molecule has 0 saturated carbocycles. The van der Waals surface area contributed by atoms with Crippen LogP contribution in [-0.4, -0.2) is 33.1 Å². The quantitative estimate of drug-likeness (QED) is 0.713. The van der Waals surface area contributed by atoms with Crippen molar-refractivity contribution in [3.63, 3.8) is 0 Å². The molecule has 0 saturated heterocycles. The molecule has 0 atom stereocenters. The van der Waals surface area contributed by atoms with Crippen molar-refractivity contribution in [2.24, 2.45) is 0 Å². The number of rotatable bonds is 5. The lowest BCUT2D eigenvalue weighted by Gasteiger charge is -2.06. The third kappa shape index (κ3) is 3.05. The van der Waals surface area contributed by atoms with Gasteiger partial charge in [-0.1, -0.05) is 0 Å². The van der Waals surface area contributed by atoms with Crippen LogP contribution in [0, 0.1) is 0 Å². The first kappa shape index (κ1) is 15.5. The normalized spacial score (nSPS) is 10.6. The van der Waals surface area contributed by atoms with Crippen LogP contribution < -0.4 is 16.6 Å². The van der Waals surface area contributed by atoms with Crippen LogP contribution >= 0.6 is 0 Å². The molecule has 1 amide bonds. The summed E-state index contributed by atoms with van der Waals surface area (Å²) in [5.41, 5.74) is -0.449. The van der Waals surface area contributed by atoms with Crippen molar-refractivity contribution in [3.05, 3.63) is 44.6 Å². The van der Waals surface area contributed by atoms with Crippen LogP contribution in [-0.2, 0) is 11.3 Å². The molecule has 0 spiro atoms. The molecular formula is C14H15N3O5. The van der Waals surface area contributed by atoms with Crippen molar-refractivity contribution < 1.29 is 14.7 Å². The van der Waals surface area contributed by atoms with Crippen LogP contribution in [0.5, 0.6) is 0 Å². The lowest BCUT2D eigenvalue weighted by molar-refractivity contribution is -0.136. The number of carbonyl (C=O) groups is 2. The Morgan fingerprint density at radius 2 is 2.05 bits per heavy atom. The smallest absolute Gasteiger partial charge is 0.328 e. The summed E-state index contributed by atoms with van der Waals surface area (Å²) < 4.78 is 1.06. The molecule has 8 nitrogen and oxygen atoms in total. The molecule has 0 aliphatic carbocycles. The summed E-state index contributed by atoms with van der Waals surface area (Å²) in [5, 5.41) is 11.3. The lowest BCUT2D eigenvalue weighted by Crippen LogP contribution is -2.34. The molecule has 3 N–H and O–H groups in total. The highest BCUT2D eigenvalue weighted by atomic mass is 16.4. The maximum Gasteiger partial charge on any atom is 0.328 e. The van der Waals surface area contributed by atoms with Gasteiger partial charge >= 0.3 is 11.7 Å². The third-order valence-electron chi connectivity index (χ3n) is 3.18. The van der Waals surface area contributed by atoms with Gasteiger partial charge in [-0.2, -0.15) is 0 Å². The number of H-pyrrole nitrogens is 1. The average Bonchev–Trinajstić information content (AvgIpc) is 2.46. The van der Waals surface area contributed by atoms with E-state index < -0.39 is 23.1 Å². The van der Waals surface area contributed by atoms with Crippen LogP contribution in [0.4, 0.5) is 0 Å². The zero-order valence-electron chi connectivity index (χ0n) is 11.9. The van der Waals surface area contributed by atoms with E-state index in [1.54, 1.807) is 6.92 Å². The van der Waals surface area contributed by atoms with Crippen LogP contribution in [0.25, 0.3) is 10.9 Å². The summed E-state index contributed by atoms with van der Waals surface area (Å²) in [5.74, 6) is -1.48. The Morgan fingerprint density at radius 3 is 2.68 bits per heavy atom. The molecule has 0 fully saturated rings. The van der Waals surface area contributed by atoms with E-state index in [0.29, 0.717) is 5.39 Å². The molecule has 2 aromatic rings. The zero-order valence-corrected chi connectivity index (χ0v) is 11.9. The van der Waals surface area contributed by atoms with Crippen molar-refractivity contribution in [2.75, 3.05) is 6.54 Å². The van der Waals surface area contributed by atoms with Gasteiger partial charge in [0.05, 0.1) is 17.3 Å². The highest BCUT2D eigenvalue weighted by Crippen LogP contribution is 2.09. The molecule has 22 heavy (non-hydrogen) atoms. The first-order chi connectivity index (χ1) is 10.4. The molecule has 1 aromatic heterocycles. The predicted octanol–water partition coefficient (Wildman–Crippen LogP) is -0.0858. The number of hydrogen-bond donors (Lipinski definition) is 3. The van der Waals surface area contributed by atoms with Crippen molar-refractivity contribution >= 4 is 22.8 Å². The number of fused-ring (bicyclic) bond motifs is 1. The number of benzene rings is 1. The highest BCUT2D eigenvalue weighted by Gasteiger charge is 2.10. The summed E-state index contributed by atoms with van der Waals surface area (Å²) in [7, 11) is 0. The molecule has 1 heterocycles. The maximum absolute atomic E-state index is 12.1. The van der Waals surface area contributed by atoms with Gasteiger partial charge in [0.15, 0.2) is 0 Å². The summed E-state index contributed by atoms with van der Waals surface area (Å²) in [6, 6.07) is 4.32. The minimum Gasteiger partial charge on any atom is -0.481 e. The topological polar surface area (TPSA) is 121 Å². The molecule has 8 heteroatoms. The van der Waals surface area contributed by atoms with Gasteiger partial charge in [0, 0.05) is 18.7 Å². The van der Waals surface area contributed by atoms with Crippen molar-refractivity contribution in [2.45, 2.75) is 19.9 Å². The van der Waals surface area contributed by atoms with Crippen LogP contribution in [0.15, 0.2) is 27.8 Å². The molecule has 0 aliphatic heterocycles. The number of carboxylic acids is 1. The van der Waals surface area contributed by atoms with Gasteiger partial charge in [0.25, 0.3) is 11.5 Å². The number of hydrogen-bond acceptors (Lipinski definition) is 4. The van der Waals surface area contributed by atoms with E-state index in [9.17, 15) is 19.2 Å². The predicted molar refractivity (Wildman–Crippen MR) is 79.1 cm³/mol. The number of aromatic amines is 1. The van der Waals surface area contributed by atoms with Gasteiger partial charge in [-0.15, -0.1) is 0 Å². The number of nitrogens with zero attached hydrogens (tertiary/aromatic N) is 1. The Labute approximate surface area is 124 Å². The monoisotopic (exact) mass is 305 g/mol. The fraction of sp³-hybridized carbons (Fsp3) is 0.286. The summed E-state index contributed by atoms with van der Waals surface area (Å²) in [6.45, 7) is 1.94. The second-order valence-corrected chi connectivity index (χ2v) is 4.64. The molecule has 0 unspecified atom stereocenters. The Hall–Kier alpha value is -2.90. The molecule has 0 radical (unpaired) electrons. The molecule has 1 aromatic carbocycles. The number of amides is 1. The summed E-state index contributed by atoms with van der Waals surface area (Å²) >= 11 is 0. The van der Waals surface area contributed by atoms with E-state index in [0.717, 1.165) is 4.57 Å².